The molecular weight excluding hydrogens is 310 g/mol. The lowest BCUT2D eigenvalue weighted by Gasteiger charge is -2.07. The number of pyridine rings is 1. The van der Waals surface area contributed by atoms with Crippen molar-refractivity contribution in [2.24, 2.45) is 0 Å². The van der Waals surface area contributed by atoms with Gasteiger partial charge in [0, 0.05) is 17.3 Å². The second kappa shape index (κ2) is 5.75. The molecule has 0 atom stereocenters. The molecule has 0 aliphatic carbocycles. The second-order valence-corrected chi connectivity index (χ2v) is 4.96. The van der Waals surface area contributed by atoms with Gasteiger partial charge in [-0.05, 0) is 18.2 Å². The van der Waals surface area contributed by atoms with Crippen LogP contribution in [0.4, 0.5) is 4.39 Å². The smallest absolute Gasteiger partial charge is 0.146 e. The third-order valence-electron chi connectivity index (χ3n) is 2.48. The Bertz CT molecular complexity index is 680. The Balaban J connectivity index is 2.51. The summed E-state index contributed by atoms with van der Waals surface area (Å²) in [4.78, 5) is 3.91. The molecule has 0 N–H and O–H groups in total. The van der Waals surface area contributed by atoms with Gasteiger partial charge in [0.25, 0.3) is 0 Å². The van der Waals surface area contributed by atoms with E-state index < -0.39 is 5.82 Å². The van der Waals surface area contributed by atoms with Crippen molar-refractivity contribution in [1.29, 1.82) is 5.26 Å². The number of hydrogen-bond donors (Lipinski definition) is 0. The largest absolute Gasteiger partial charge is 0.256 e. The fraction of sp³-hybridized carbons (Fsp3) is 0.0769. The van der Waals surface area contributed by atoms with Crippen LogP contribution in [0.3, 0.4) is 0 Å². The standard InChI is InChI=1S/C13H6Cl3FN2/c14-9-5-11(16)10(15)4-8(9)7-3-12(17)13(1-2-18)19-6-7/h3-6H,1H2. The quantitative estimate of drug-likeness (QED) is 0.738. The molecule has 6 heteroatoms. The summed E-state index contributed by atoms with van der Waals surface area (Å²) in [5, 5.41) is 9.53. The van der Waals surface area contributed by atoms with E-state index in [9.17, 15) is 4.39 Å². The van der Waals surface area contributed by atoms with Crippen LogP contribution >= 0.6 is 34.8 Å². The molecule has 2 aromatic rings. The summed E-state index contributed by atoms with van der Waals surface area (Å²) in [7, 11) is 0. The van der Waals surface area contributed by atoms with Gasteiger partial charge in [0.2, 0.25) is 0 Å². The van der Waals surface area contributed by atoms with Crippen LogP contribution in [0.5, 0.6) is 0 Å². The van der Waals surface area contributed by atoms with Crippen LogP contribution in [0, 0.1) is 17.1 Å². The molecule has 0 radical (unpaired) electrons. The Hall–Kier alpha value is -1.34. The van der Waals surface area contributed by atoms with Crippen molar-refractivity contribution in [1.82, 2.24) is 4.98 Å². The molecule has 1 aromatic heterocycles. The lowest BCUT2D eigenvalue weighted by atomic mass is 10.1. The third-order valence-corrected chi connectivity index (χ3v) is 3.52. The normalized spacial score (nSPS) is 10.3. The van der Waals surface area contributed by atoms with Crippen LogP contribution in [0.15, 0.2) is 24.4 Å². The lowest BCUT2D eigenvalue weighted by Crippen LogP contribution is -1.94. The number of nitrogens with zero attached hydrogens (tertiary/aromatic N) is 2. The molecule has 0 aliphatic rings. The zero-order valence-electron chi connectivity index (χ0n) is 9.42. The van der Waals surface area contributed by atoms with Gasteiger partial charge >= 0.3 is 0 Å². The maximum absolute atomic E-state index is 13.7. The zero-order valence-corrected chi connectivity index (χ0v) is 11.7. The van der Waals surface area contributed by atoms with Crippen LogP contribution in [0.1, 0.15) is 5.69 Å². The zero-order chi connectivity index (χ0) is 14.0. The first kappa shape index (κ1) is 14.1. The molecule has 96 valence electrons. The predicted molar refractivity (Wildman–Crippen MR) is 74.0 cm³/mol. The van der Waals surface area contributed by atoms with Crippen molar-refractivity contribution in [3.8, 4) is 17.2 Å². The fourth-order valence-electron chi connectivity index (χ4n) is 1.56. The van der Waals surface area contributed by atoms with Crippen molar-refractivity contribution in [3.63, 3.8) is 0 Å². The minimum atomic E-state index is -0.554. The first-order chi connectivity index (χ1) is 9.02. The Morgan fingerprint density at radius 2 is 1.79 bits per heavy atom. The Morgan fingerprint density at radius 3 is 2.42 bits per heavy atom. The molecule has 0 aliphatic heterocycles. The number of benzene rings is 1. The highest BCUT2D eigenvalue weighted by Crippen LogP contribution is 2.35. The molecule has 1 aromatic carbocycles. The summed E-state index contributed by atoms with van der Waals surface area (Å²) in [6.07, 6.45) is 1.36. The molecule has 0 fully saturated rings. The van der Waals surface area contributed by atoms with E-state index in [2.05, 4.69) is 4.98 Å². The Morgan fingerprint density at radius 1 is 1.11 bits per heavy atom. The maximum Gasteiger partial charge on any atom is 0.146 e. The minimum Gasteiger partial charge on any atom is -0.256 e. The number of halogens is 4. The first-order valence-corrected chi connectivity index (χ1v) is 6.32. The summed E-state index contributed by atoms with van der Waals surface area (Å²) < 4.78 is 13.7. The summed E-state index contributed by atoms with van der Waals surface area (Å²) in [5.74, 6) is -0.554. The van der Waals surface area contributed by atoms with Crippen LogP contribution in [0.2, 0.25) is 15.1 Å². The fourth-order valence-corrected chi connectivity index (χ4v) is 2.22. The van der Waals surface area contributed by atoms with E-state index in [-0.39, 0.29) is 12.1 Å². The summed E-state index contributed by atoms with van der Waals surface area (Å²) >= 11 is 17.8. The first-order valence-electron chi connectivity index (χ1n) is 5.19. The van der Waals surface area contributed by atoms with Gasteiger partial charge < -0.3 is 0 Å². The lowest BCUT2D eigenvalue weighted by molar-refractivity contribution is 0.606. The monoisotopic (exact) mass is 314 g/mol. The van der Waals surface area contributed by atoms with E-state index in [0.29, 0.717) is 26.2 Å². The highest BCUT2D eigenvalue weighted by Gasteiger charge is 2.11. The number of rotatable bonds is 2. The predicted octanol–water partition coefficient (Wildman–Crippen LogP) is 4.91. The number of aromatic nitrogens is 1. The average molecular weight is 316 g/mol. The van der Waals surface area contributed by atoms with E-state index >= 15 is 0 Å². The van der Waals surface area contributed by atoms with Gasteiger partial charge in [-0.3, -0.25) is 4.98 Å². The van der Waals surface area contributed by atoms with E-state index in [4.69, 9.17) is 40.1 Å². The Labute approximate surface area is 124 Å². The molecule has 0 saturated carbocycles. The van der Waals surface area contributed by atoms with Crippen molar-refractivity contribution in [2.75, 3.05) is 0 Å². The van der Waals surface area contributed by atoms with Gasteiger partial charge in [-0.1, -0.05) is 34.8 Å². The summed E-state index contributed by atoms with van der Waals surface area (Å²) in [5.41, 5.74) is 1.11. The molecule has 0 saturated heterocycles. The van der Waals surface area contributed by atoms with Gasteiger partial charge in [-0.2, -0.15) is 5.26 Å². The minimum absolute atomic E-state index is 0.0821. The van der Waals surface area contributed by atoms with Gasteiger partial charge in [0.05, 0.1) is 33.3 Å². The molecule has 2 rings (SSSR count). The van der Waals surface area contributed by atoms with Crippen LogP contribution in [-0.2, 0) is 6.42 Å². The molecule has 0 bridgehead atoms. The van der Waals surface area contributed by atoms with Gasteiger partial charge in [0.1, 0.15) is 5.82 Å². The Kier molecular flexibility index (Phi) is 4.26. The van der Waals surface area contributed by atoms with Gasteiger partial charge in [0.15, 0.2) is 0 Å². The number of hydrogen-bond acceptors (Lipinski definition) is 2. The molecule has 19 heavy (non-hydrogen) atoms. The van der Waals surface area contributed by atoms with Crippen LogP contribution < -0.4 is 0 Å². The van der Waals surface area contributed by atoms with Gasteiger partial charge in [-0.15, -0.1) is 0 Å². The molecule has 0 unspecified atom stereocenters. The number of nitriles is 1. The van der Waals surface area contributed by atoms with E-state index in [1.807, 2.05) is 6.07 Å². The second-order valence-electron chi connectivity index (χ2n) is 3.73. The topological polar surface area (TPSA) is 36.7 Å². The van der Waals surface area contributed by atoms with Crippen LogP contribution in [-0.4, -0.2) is 4.98 Å². The maximum atomic E-state index is 13.7. The highest BCUT2D eigenvalue weighted by atomic mass is 35.5. The van der Waals surface area contributed by atoms with Crippen LogP contribution in [0.25, 0.3) is 11.1 Å². The molecule has 1 heterocycles. The summed E-state index contributed by atoms with van der Waals surface area (Å²) in [6.45, 7) is 0. The van der Waals surface area contributed by atoms with Gasteiger partial charge in [-0.25, -0.2) is 4.39 Å². The third kappa shape index (κ3) is 2.98. The average Bonchev–Trinajstić information content (AvgIpc) is 2.36. The van der Waals surface area contributed by atoms with Crippen molar-refractivity contribution in [3.05, 3.63) is 51.0 Å². The van der Waals surface area contributed by atoms with Crippen molar-refractivity contribution >= 4 is 34.8 Å². The molecule has 2 nitrogen and oxygen atoms in total. The summed E-state index contributed by atoms with van der Waals surface area (Å²) in [6, 6.07) is 6.15. The molecular formula is C13H6Cl3FN2. The molecule has 0 spiro atoms. The molecule has 0 amide bonds. The van der Waals surface area contributed by atoms with E-state index in [1.54, 1.807) is 6.07 Å². The highest BCUT2D eigenvalue weighted by molar-refractivity contribution is 6.44. The van der Waals surface area contributed by atoms with E-state index in [1.165, 1.54) is 18.3 Å². The van der Waals surface area contributed by atoms with Crippen molar-refractivity contribution in [2.45, 2.75) is 6.42 Å². The van der Waals surface area contributed by atoms with E-state index in [0.717, 1.165) is 0 Å². The SMILES string of the molecule is N#CCc1ncc(-c2cc(Cl)c(Cl)cc2Cl)cc1F. The van der Waals surface area contributed by atoms with Crippen molar-refractivity contribution < 1.29 is 4.39 Å².